The second-order valence-corrected chi connectivity index (χ2v) is 9.06. The van der Waals surface area contributed by atoms with Crippen LogP contribution in [-0.4, -0.2) is 14.2 Å². The van der Waals surface area contributed by atoms with Gasteiger partial charge in [0.2, 0.25) is 0 Å². The van der Waals surface area contributed by atoms with Gasteiger partial charge in [-0.25, -0.2) is 0 Å². The molecule has 0 N–H and O–H groups in total. The lowest BCUT2D eigenvalue weighted by Crippen LogP contribution is -2.04. The molecule has 0 saturated heterocycles. The molecule has 192 valence electrons. The minimum atomic E-state index is -4.45. The van der Waals surface area contributed by atoms with Crippen LogP contribution in [0.4, 0.5) is 26.3 Å². The molecule has 4 aromatic rings. The predicted molar refractivity (Wildman–Crippen MR) is 131 cm³/mol. The number of hydrogen-bond acceptors (Lipinski definition) is 3. The van der Waals surface area contributed by atoms with Crippen molar-refractivity contribution in [2.75, 3.05) is 14.2 Å². The van der Waals surface area contributed by atoms with Gasteiger partial charge in [-0.15, -0.1) is 0 Å². The number of halogens is 6. The maximum absolute atomic E-state index is 13.1. The lowest BCUT2D eigenvalue weighted by molar-refractivity contribution is -0.138. The highest BCUT2D eigenvalue weighted by Crippen LogP contribution is 2.44. The summed E-state index contributed by atoms with van der Waals surface area (Å²) >= 11 is 1.33. The van der Waals surface area contributed by atoms with Crippen LogP contribution < -0.4 is 9.47 Å². The number of hydrogen-bond donors (Lipinski definition) is 0. The summed E-state index contributed by atoms with van der Waals surface area (Å²) in [5.41, 5.74) is 0.888. The van der Waals surface area contributed by atoms with E-state index in [0.717, 1.165) is 34.1 Å². The third-order valence-corrected chi connectivity index (χ3v) is 6.79. The Morgan fingerprint density at radius 2 is 0.865 bits per heavy atom. The van der Waals surface area contributed by atoms with Crippen LogP contribution in [-0.2, 0) is 12.4 Å². The zero-order valence-corrected chi connectivity index (χ0v) is 20.4. The molecule has 0 saturated carbocycles. The van der Waals surface area contributed by atoms with E-state index in [-0.39, 0.29) is 0 Å². The SMILES string of the molecule is COc1ccc(Sc2ccc(OC)cc2-c2ccc(C(F)(F)F)cc2)c(-c2ccc(C(F)(F)F)cc2)c1. The van der Waals surface area contributed by atoms with Crippen molar-refractivity contribution in [1.82, 2.24) is 0 Å². The van der Waals surface area contributed by atoms with Gasteiger partial charge in [0.05, 0.1) is 25.3 Å². The van der Waals surface area contributed by atoms with Gasteiger partial charge in [-0.1, -0.05) is 36.0 Å². The molecule has 0 aliphatic rings. The average molecular weight is 535 g/mol. The first kappa shape index (κ1) is 26.5. The van der Waals surface area contributed by atoms with Gasteiger partial charge in [-0.05, 0) is 82.9 Å². The van der Waals surface area contributed by atoms with Gasteiger partial charge in [0.15, 0.2) is 0 Å². The third kappa shape index (κ3) is 6.05. The summed E-state index contributed by atoms with van der Waals surface area (Å²) < 4.78 is 89.1. The summed E-state index contributed by atoms with van der Waals surface area (Å²) in [5, 5.41) is 0. The average Bonchev–Trinajstić information content (AvgIpc) is 2.88. The molecule has 0 unspecified atom stereocenters. The first-order valence-corrected chi connectivity index (χ1v) is 11.7. The van der Waals surface area contributed by atoms with E-state index in [1.54, 1.807) is 36.4 Å². The summed E-state index contributed by atoms with van der Waals surface area (Å²) in [6, 6.07) is 20.2. The molecule has 9 heteroatoms. The number of ether oxygens (including phenoxy) is 2. The Morgan fingerprint density at radius 1 is 0.514 bits per heavy atom. The van der Waals surface area contributed by atoms with Crippen LogP contribution in [0.2, 0.25) is 0 Å². The zero-order valence-electron chi connectivity index (χ0n) is 19.6. The summed E-state index contributed by atoms with van der Waals surface area (Å²) in [7, 11) is 2.98. The highest BCUT2D eigenvalue weighted by molar-refractivity contribution is 7.99. The smallest absolute Gasteiger partial charge is 0.416 e. The second-order valence-electron chi connectivity index (χ2n) is 7.98. The van der Waals surface area contributed by atoms with E-state index in [1.165, 1.54) is 50.2 Å². The normalized spacial score (nSPS) is 11.9. The van der Waals surface area contributed by atoms with Gasteiger partial charge in [0.25, 0.3) is 0 Å². The molecule has 0 aromatic heterocycles. The van der Waals surface area contributed by atoms with Crippen molar-refractivity contribution in [2.24, 2.45) is 0 Å². The Kier molecular flexibility index (Phi) is 7.45. The molecular weight excluding hydrogens is 514 g/mol. The maximum atomic E-state index is 13.1. The van der Waals surface area contributed by atoms with E-state index in [1.807, 2.05) is 0 Å². The largest absolute Gasteiger partial charge is 0.497 e. The van der Waals surface area contributed by atoms with Gasteiger partial charge in [-0.2, -0.15) is 26.3 Å². The summed E-state index contributed by atoms with van der Waals surface area (Å²) in [6.45, 7) is 0. The topological polar surface area (TPSA) is 18.5 Å². The summed E-state index contributed by atoms with van der Waals surface area (Å²) in [5.74, 6) is 1.05. The molecule has 0 fully saturated rings. The van der Waals surface area contributed by atoms with Crippen molar-refractivity contribution in [3.8, 4) is 33.8 Å². The van der Waals surface area contributed by atoms with E-state index in [4.69, 9.17) is 9.47 Å². The predicted octanol–water partition coefficient (Wildman–Crippen LogP) is 9.23. The number of benzene rings is 4. The third-order valence-electron chi connectivity index (χ3n) is 5.64. The van der Waals surface area contributed by atoms with E-state index in [0.29, 0.717) is 33.8 Å². The Morgan fingerprint density at radius 3 is 1.16 bits per heavy atom. The van der Waals surface area contributed by atoms with Crippen LogP contribution in [0.3, 0.4) is 0 Å². The molecule has 4 rings (SSSR count). The van der Waals surface area contributed by atoms with Crippen molar-refractivity contribution in [3.63, 3.8) is 0 Å². The summed E-state index contributed by atoms with van der Waals surface area (Å²) in [6.07, 6.45) is -8.91. The molecule has 0 amide bonds. The number of alkyl halides is 6. The fraction of sp³-hybridized carbons (Fsp3) is 0.143. The van der Waals surface area contributed by atoms with Crippen LogP contribution >= 0.6 is 11.8 Å². The highest BCUT2D eigenvalue weighted by Gasteiger charge is 2.31. The molecule has 0 aliphatic heterocycles. The van der Waals surface area contributed by atoms with Gasteiger partial charge in [-0.3, -0.25) is 0 Å². The molecule has 0 aliphatic carbocycles. The Bertz CT molecular complexity index is 1270. The Hall–Kier alpha value is -3.59. The van der Waals surface area contributed by atoms with Crippen molar-refractivity contribution in [1.29, 1.82) is 0 Å². The van der Waals surface area contributed by atoms with E-state index in [2.05, 4.69) is 0 Å². The van der Waals surface area contributed by atoms with Crippen molar-refractivity contribution in [2.45, 2.75) is 22.1 Å². The van der Waals surface area contributed by atoms with Gasteiger partial charge in [0, 0.05) is 9.79 Å². The van der Waals surface area contributed by atoms with Crippen LogP contribution in [0.1, 0.15) is 11.1 Å². The molecular formula is C28H20F6O2S. The number of methoxy groups -OCH3 is 2. The first-order valence-electron chi connectivity index (χ1n) is 10.9. The van der Waals surface area contributed by atoms with Crippen molar-refractivity contribution < 1.29 is 35.8 Å². The standard InChI is InChI=1S/C28H20F6O2S/c1-35-21-11-13-25(23(15-21)17-3-7-19(8-4-17)27(29,30)31)37-26-14-12-22(36-2)16-24(26)18-5-9-20(10-6-18)28(32,33)34/h3-16H,1-2H3. The van der Waals surface area contributed by atoms with Gasteiger partial charge in [0.1, 0.15) is 11.5 Å². The van der Waals surface area contributed by atoms with Crippen molar-refractivity contribution >= 4 is 11.8 Å². The lowest BCUT2D eigenvalue weighted by atomic mass is 10.0. The zero-order chi connectivity index (χ0) is 26.8. The number of rotatable bonds is 6. The highest BCUT2D eigenvalue weighted by atomic mass is 32.2. The first-order chi connectivity index (χ1) is 17.5. The Labute approximate surface area is 213 Å². The van der Waals surface area contributed by atoms with E-state index in [9.17, 15) is 26.3 Å². The monoisotopic (exact) mass is 534 g/mol. The molecule has 0 atom stereocenters. The Balaban J connectivity index is 1.77. The van der Waals surface area contributed by atoms with Gasteiger partial charge < -0.3 is 9.47 Å². The molecule has 0 heterocycles. The van der Waals surface area contributed by atoms with Crippen LogP contribution in [0.25, 0.3) is 22.3 Å². The van der Waals surface area contributed by atoms with Gasteiger partial charge >= 0.3 is 12.4 Å². The fourth-order valence-corrected chi connectivity index (χ4v) is 4.78. The lowest BCUT2D eigenvalue weighted by Gasteiger charge is -2.16. The van der Waals surface area contributed by atoms with Crippen LogP contribution in [0.15, 0.2) is 94.7 Å². The molecule has 2 nitrogen and oxygen atoms in total. The van der Waals surface area contributed by atoms with Crippen molar-refractivity contribution in [3.05, 3.63) is 96.1 Å². The second kappa shape index (κ2) is 10.4. The quantitative estimate of drug-likeness (QED) is 0.230. The minimum Gasteiger partial charge on any atom is -0.497 e. The molecule has 0 radical (unpaired) electrons. The molecule has 0 spiro atoms. The minimum absolute atomic E-state index is 0.525. The maximum Gasteiger partial charge on any atom is 0.416 e. The molecule has 4 aromatic carbocycles. The molecule has 37 heavy (non-hydrogen) atoms. The molecule has 0 bridgehead atoms. The van der Waals surface area contributed by atoms with Crippen LogP contribution in [0.5, 0.6) is 11.5 Å². The van der Waals surface area contributed by atoms with E-state index < -0.39 is 23.5 Å². The van der Waals surface area contributed by atoms with Crippen LogP contribution in [0, 0.1) is 0 Å². The summed E-state index contributed by atoms with van der Waals surface area (Å²) in [4.78, 5) is 1.44. The van der Waals surface area contributed by atoms with E-state index >= 15 is 0 Å². The fourth-order valence-electron chi connectivity index (χ4n) is 3.70.